The number of aryl methyl sites for hydroxylation is 1. The molecule has 1 aliphatic heterocycles. The number of benzene rings is 1. The molecule has 0 aliphatic carbocycles. The van der Waals surface area contributed by atoms with Gasteiger partial charge in [0.2, 0.25) is 0 Å². The first-order chi connectivity index (χ1) is 8.96. The van der Waals surface area contributed by atoms with Crippen LogP contribution in [0.25, 0.3) is 0 Å². The Morgan fingerprint density at radius 1 is 1.37 bits per heavy atom. The summed E-state index contributed by atoms with van der Waals surface area (Å²) >= 11 is 0. The van der Waals surface area contributed by atoms with Crippen molar-refractivity contribution in [1.82, 2.24) is 4.90 Å². The van der Waals surface area contributed by atoms with Crippen LogP contribution < -0.4 is 4.74 Å². The molecule has 0 aromatic heterocycles. The fourth-order valence-electron chi connectivity index (χ4n) is 2.73. The Balaban J connectivity index is 2.25. The van der Waals surface area contributed by atoms with E-state index in [-0.39, 0.29) is 5.54 Å². The van der Waals surface area contributed by atoms with E-state index in [0.717, 1.165) is 18.7 Å². The molecule has 0 atom stereocenters. The van der Waals surface area contributed by atoms with Gasteiger partial charge in [-0.2, -0.15) is 0 Å². The largest absolute Gasteiger partial charge is 0.496 e. The highest BCUT2D eigenvalue weighted by Gasteiger charge is 2.37. The van der Waals surface area contributed by atoms with Crippen LogP contribution in [0.5, 0.6) is 5.75 Å². The van der Waals surface area contributed by atoms with Gasteiger partial charge < -0.3 is 4.74 Å². The molecule has 1 aromatic carbocycles. The summed E-state index contributed by atoms with van der Waals surface area (Å²) < 4.78 is 5.44. The van der Waals surface area contributed by atoms with Gasteiger partial charge in [0, 0.05) is 24.1 Å². The molecule has 0 amide bonds. The predicted octanol–water partition coefficient (Wildman–Crippen LogP) is 2.81. The van der Waals surface area contributed by atoms with Crippen molar-refractivity contribution >= 4 is 5.78 Å². The first kappa shape index (κ1) is 14.1. The summed E-state index contributed by atoms with van der Waals surface area (Å²) in [4.78, 5) is 13.9. The zero-order chi connectivity index (χ0) is 14.0. The van der Waals surface area contributed by atoms with Gasteiger partial charge in [0.05, 0.1) is 13.7 Å². The summed E-state index contributed by atoms with van der Waals surface area (Å²) in [6.07, 6.45) is 1.65. The van der Waals surface area contributed by atoms with Crippen LogP contribution in [0.15, 0.2) is 18.2 Å². The molecule has 1 aliphatic rings. The molecular weight excluding hydrogens is 238 g/mol. The van der Waals surface area contributed by atoms with Gasteiger partial charge in [-0.15, -0.1) is 0 Å². The van der Waals surface area contributed by atoms with Crippen LogP contribution in [0.1, 0.15) is 38.3 Å². The Labute approximate surface area is 115 Å². The zero-order valence-electron chi connectivity index (χ0n) is 12.3. The molecule has 0 unspecified atom stereocenters. The molecule has 0 saturated carbocycles. The van der Waals surface area contributed by atoms with Crippen molar-refractivity contribution in [2.24, 2.45) is 0 Å². The van der Waals surface area contributed by atoms with Crippen LogP contribution in [-0.2, 0) is 17.8 Å². The summed E-state index contributed by atoms with van der Waals surface area (Å²) in [5, 5.41) is 0. The monoisotopic (exact) mass is 261 g/mol. The molecule has 104 valence electrons. The maximum Gasteiger partial charge on any atom is 0.148 e. The summed E-state index contributed by atoms with van der Waals surface area (Å²) in [5.41, 5.74) is 2.42. The number of ether oxygens (including phenoxy) is 1. The number of carbonyl (C=O) groups is 1. The van der Waals surface area contributed by atoms with Crippen LogP contribution in [0, 0.1) is 0 Å². The number of ketones is 1. The Hall–Kier alpha value is -1.35. The second kappa shape index (κ2) is 5.33. The van der Waals surface area contributed by atoms with Crippen molar-refractivity contribution < 1.29 is 9.53 Å². The van der Waals surface area contributed by atoms with Gasteiger partial charge in [-0.05, 0) is 31.9 Å². The second-order valence-corrected chi connectivity index (χ2v) is 5.88. The van der Waals surface area contributed by atoms with Gasteiger partial charge in [-0.1, -0.05) is 19.1 Å². The highest BCUT2D eigenvalue weighted by Crippen LogP contribution is 2.30. The fraction of sp³-hybridized carbons (Fsp3) is 0.562. The minimum Gasteiger partial charge on any atom is -0.496 e. The first-order valence-electron chi connectivity index (χ1n) is 6.89. The van der Waals surface area contributed by atoms with Crippen LogP contribution in [0.2, 0.25) is 0 Å². The Morgan fingerprint density at radius 3 is 2.63 bits per heavy atom. The Morgan fingerprint density at radius 2 is 2.11 bits per heavy atom. The minimum absolute atomic E-state index is 0.0513. The maximum atomic E-state index is 11.7. The summed E-state index contributed by atoms with van der Waals surface area (Å²) in [6.45, 7) is 7.74. The van der Waals surface area contributed by atoms with Crippen molar-refractivity contribution in [3.8, 4) is 5.75 Å². The average Bonchev–Trinajstić information content (AvgIpc) is 2.62. The normalized spacial score (nSPS) is 18.8. The standard InChI is InChI=1S/C16H23NO2/c1-5-12-6-7-15(19-4)13(8-12)10-17-11-14(18)9-16(17,2)3/h6-8H,5,9-11H2,1-4H3. The molecule has 3 heteroatoms. The summed E-state index contributed by atoms with van der Waals surface area (Å²) in [7, 11) is 1.70. The highest BCUT2D eigenvalue weighted by atomic mass is 16.5. The number of hydrogen-bond donors (Lipinski definition) is 0. The number of nitrogens with zero attached hydrogens (tertiary/aromatic N) is 1. The van der Waals surface area contributed by atoms with E-state index >= 15 is 0 Å². The van der Waals surface area contributed by atoms with Gasteiger partial charge in [0.1, 0.15) is 11.5 Å². The number of hydrogen-bond acceptors (Lipinski definition) is 3. The van der Waals surface area contributed by atoms with Gasteiger partial charge in [-0.25, -0.2) is 0 Å². The molecule has 2 rings (SSSR count). The Bertz CT molecular complexity index is 480. The highest BCUT2D eigenvalue weighted by molar-refractivity contribution is 5.84. The quantitative estimate of drug-likeness (QED) is 0.834. The van der Waals surface area contributed by atoms with Crippen molar-refractivity contribution in [2.45, 2.75) is 45.7 Å². The molecule has 1 saturated heterocycles. The van der Waals surface area contributed by atoms with E-state index in [0.29, 0.717) is 18.7 Å². The van der Waals surface area contributed by atoms with Gasteiger partial charge in [-0.3, -0.25) is 9.69 Å². The maximum absolute atomic E-state index is 11.7. The van der Waals surface area contributed by atoms with E-state index in [4.69, 9.17) is 4.74 Å². The molecule has 0 radical (unpaired) electrons. The molecule has 0 N–H and O–H groups in total. The third kappa shape index (κ3) is 2.98. The SMILES string of the molecule is CCc1ccc(OC)c(CN2CC(=O)CC2(C)C)c1. The number of Topliss-reactive ketones (excluding diaryl/α,β-unsaturated/α-hetero) is 1. The zero-order valence-corrected chi connectivity index (χ0v) is 12.3. The van der Waals surface area contributed by atoms with E-state index < -0.39 is 0 Å². The minimum atomic E-state index is -0.0513. The smallest absolute Gasteiger partial charge is 0.148 e. The predicted molar refractivity (Wildman–Crippen MR) is 76.5 cm³/mol. The molecule has 1 aromatic rings. The third-order valence-electron chi connectivity index (χ3n) is 3.97. The number of methoxy groups -OCH3 is 1. The van der Waals surface area contributed by atoms with Crippen molar-refractivity contribution in [3.63, 3.8) is 0 Å². The van der Waals surface area contributed by atoms with Crippen LogP contribution in [0.3, 0.4) is 0 Å². The lowest BCUT2D eigenvalue weighted by Gasteiger charge is -2.31. The van der Waals surface area contributed by atoms with Gasteiger partial charge in [0.15, 0.2) is 0 Å². The lowest BCUT2D eigenvalue weighted by molar-refractivity contribution is -0.117. The molecule has 3 nitrogen and oxygen atoms in total. The average molecular weight is 261 g/mol. The topological polar surface area (TPSA) is 29.5 Å². The van der Waals surface area contributed by atoms with E-state index in [2.05, 4.69) is 37.8 Å². The molecule has 1 heterocycles. The van der Waals surface area contributed by atoms with Crippen molar-refractivity contribution in [1.29, 1.82) is 0 Å². The molecular formula is C16H23NO2. The fourth-order valence-corrected chi connectivity index (χ4v) is 2.73. The van der Waals surface area contributed by atoms with Crippen LogP contribution >= 0.6 is 0 Å². The lowest BCUT2D eigenvalue weighted by atomic mass is 10.0. The van der Waals surface area contributed by atoms with Crippen molar-refractivity contribution in [2.75, 3.05) is 13.7 Å². The number of carbonyl (C=O) groups excluding carboxylic acids is 1. The summed E-state index contributed by atoms with van der Waals surface area (Å²) in [5.74, 6) is 1.24. The molecule has 0 spiro atoms. The molecule has 0 bridgehead atoms. The van der Waals surface area contributed by atoms with Crippen molar-refractivity contribution in [3.05, 3.63) is 29.3 Å². The van der Waals surface area contributed by atoms with E-state index in [9.17, 15) is 4.79 Å². The molecule has 1 fully saturated rings. The second-order valence-electron chi connectivity index (χ2n) is 5.88. The van der Waals surface area contributed by atoms with Crippen LogP contribution in [0.4, 0.5) is 0 Å². The Kier molecular flexibility index (Phi) is 3.95. The first-order valence-corrected chi connectivity index (χ1v) is 6.89. The number of rotatable bonds is 4. The number of likely N-dealkylation sites (tertiary alicyclic amines) is 1. The van der Waals surface area contributed by atoms with E-state index in [1.165, 1.54) is 11.1 Å². The lowest BCUT2D eigenvalue weighted by Crippen LogP contribution is -2.37. The molecule has 19 heavy (non-hydrogen) atoms. The van der Waals surface area contributed by atoms with Crippen LogP contribution in [-0.4, -0.2) is 29.9 Å². The van der Waals surface area contributed by atoms with Gasteiger partial charge >= 0.3 is 0 Å². The van der Waals surface area contributed by atoms with E-state index in [1.54, 1.807) is 7.11 Å². The third-order valence-corrected chi connectivity index (χ3v) is 3.97. The summed E-state index contributed by atoms with van der Waals surface area (Å²) in [6, 6.07) is 6.32. The van der Waals surface area contributed by atoms with Gasteiger partial charge in [0.25, 0.3) is 0 Å². The van der Waals surface area contributed by atoms with E-state index in [1.807, 2.05) is 6.07 Å².